The van der Waals surface area contributed by atoms with Gasteiger partial charge >= 0.3 is 36.9 Å². The molecule has 0 atom stereocenters. The largest absolute Gasteiger partial charge is 0.465 e. The SMILES string of the molecule is O=C(O)N(CC(F)(F)C(F)F)C1CCC(CC2CCC(N(CC(F)(F)C(F)F)C(=O)O)CC2)CC1. The molecule has 0 heterocycles. The van der Waals surface area contributed by atoms with Gasteiger partial charge in [-0.25, -0.2) is 27.2 Å². The topological polar surface area (TPSA) is 81.1 Å². The zero-order valence-corrected chi connectivity index (χ0v) is 18.9. The molecule has 2 saturated carbocycles. The monoisotopic (exact) mass is 526 g/mol. The number of carbonyl (C=O) groups is 2. The average molecular weight is 526 g/mol. The van der Waals surface area contributed by atoms with Gasteiger partial charge in [-0.15, -0.1) is 0 Å². The summed E-state index contributed by atoms with van der Waals surface area (Å²) in [5.41, 5.74) is 0. The highest BCUT2D eigenvalue weighted by molar-refractivity contribution is 5.66. The van der Waals surface area contributed by atoms with E-state index in [2.05, 4.69) is 0 Å². The lowest BCUT2D eigenvalue weighted by Crippen LogP contribution is -2.50. The van der Waals surface area contributed by atoms with E-state index in [1.54, 1.807) is 0 Å². The summed E-state index contributed by atoms with van der Waals surface area (Å²) in [6, 6.07) is -1.60. The second-order valence-corrected chi connectivity index (χ2v) is 9.53. The first-order valence-electron chi connectivity index (χ1n) is 11.4. The molecular weight excluding hydrogens is 496 g/mol. The lowest BCUT2D eigenvalue weighted by Gasteiger charge is -2.39. The van der Waals surface area contributed by atoms with Gasteiger partial charge in [-0.05, 0) is 69.6 Å². The number of hydrogen-bond donors (Lipinski definition) is 2. The molecule has 14 heteroatoms. The normalized spacial score (nSPS) is 26.1. The van der Waals surface area contributed by atoms with E-state index in [1.807, 2.05) is 0 Å². The van der Waals surface area contributed by atoms with Crippen LogP contribution in [-0.2, 0) is 0 Å². The molecule has 0 aromatic heterocycles. The van der Waals surface area contributed by atoms with Crippen LogP contribution in [0.25, 0.3) is 0 Å². The molecule has 0 radical (unpaired) electrons. The number of amides is 2. The molecule has 0 aromatic rings. The number of alkyl halides is 8. The van der Waals surface area contributed by atoms with Crippen molar-refractivity contribution in [2.75, 3.05) is 13.1 Å². The van der Waals surface area contributed by atoms with Crippen molar-refractivity contribution < 1.29 is 54.9 Å². The lowest BCUT2D eigenvalue weighted by atomic mass is 9.75. The fraction of sp³-hybridized carbons (Fsp3) is 0.905. The summed E-state index contributed by atoms with van der Waals surface area (Å²) in [6.07, 6.45) is -7.71. The van der Waals surface area contributed by atoms with Crippen LogP contribution < -0.4 is 0 Å². The second kappa shape index (κ2) is 11.8. The van der Waals surface area contributed by atoms with E-state index in [1.165, 1.54) is 0 Å². The van der Waals surface area contributed by atoms with Crippen molar-refractivity contribution in [3.8, 4) is 0 Å². The summed E-state index contributed by atoms with van der Waals surface area (Å²) in [6.45, 7) is -3.16. The van der Waals surface area contributed by atoms with Crippen molar-refractivity contribution in [1.29, 1.82) is 0 Å². The lowest BCUT2D eigenvalue weighted by molar-refractivity contribution is -0.143. The molecule has 0 spiro atoms. The highest BCUT2D eigenvalue weighted by Gasteiger charge is 2.47. The van der Waals surface area contributed by atoms with Crippen LogP contribution in [0.1, 0.15) is 57.8 Å². The third-order valence-electron chi connectivity index (χ3n) is 7.07. The molecule has 2 N–H and O–H groups in total. The minimum Gasteiger partial charge on any atom is -0.465 e. The van der Waals surface area contributed by atoms with Gasteiger partial charge < -0.3 is 10.2 Å². The Morgan fingerprint density at radius 1 is 0.657 bits per heavy atom. The molecule has 2 aliphatic carbocycles. The molecule has 0 aromatic carbocycles. The molecule has 35 heavy (non-hydrogen) atoms. The fourth-order valence-electron chi connectivity index (χ4n) is 5.15. The first kappa shape index (κ1) is 29.2. The van der Waals surface area contributed by atoms with Gasteiger partial charge in [0.2, 0.25) is 0 Å². The van der Waals surface area contributed by atoms with Gasteiger partial charge in [-0.2, -0.15) is 17.6 Å². The van der Waals surface area contributed by atoms with Gasteiger partial charge in [0.05, 0.1) is 13.1 Å². The Labute approximate surface area is 197 Å². The standard InChI is InChI=1S/C21H30F8N2O4/c22-16(23)20(26,27)10-30(18(32)33)14-5-1-12(2-6-14)9-13-3-7-15(8-4-13)31(19(34)35)11-21(28,29)17(24)25/h12-17H,1-11H2,(H,32,33)(H,34,35). The fourth-order valence-corrected chi connectivity index (χ4v) is 5.15. The molecule has 6 nitrogen and oxygen atoms in total. The summed E-state index contributed by atoms with van der Waals surface area (Å²) in [5, 5.41) is 18.4. The summed E-state index contributed by atoms with van der Waals surface area (Å²) < 4.78 is 104. The van der Waals surface area contributed by atoms with Crippen molar-refractivity contribution in [1.82, 2.24) is 9.80 Å². The third-order valence-corrected chi connectivity index (χ3v) is 7.07. The zero-order chi connectivity index (χ0) is 26.6. The number of nitrogens with zero attached hydrogens (tertiary/aromatic N) is 2. The molecule has 0 aliphatic heterocycles. The van der Waals surface area contributed by atoms with Crippen LogP contribution in [-0.4, -0.2) is 82.1 Å². The molecule has 2 aliphatic rings. The first-order chi connectivity index (χ1) is 16.1. The summed E-state index contributed by atoms with van der Waals surface area (Å²) in [4.78, 5) is 23.5. The highest BCUT2D eigenvalue weighted by atomic mass is 19.3. The molecule has 0 bridgehead atoms. The number of halogens is 8. The van der Waals surface area contributed by atoms with E-state index >= 15 is 0 Å². The molecule has 0 unspecified atom stereocenters. The summed E-state index contributed by atoms with van der Waals surface area (Å²) in [7, 11) is 0. The Hall–Kier alpha value is -2.02. The molecule has 2 amide bonds. The highest BCUT2D eigenvalue weighted by Crippen LogP contribution is 2.39. The van der Waals surface area contributed by atoms with Crippen molar-refractivity contribution in [2.45, 2.75) is 94.6 Å². The van der Waals surface area contributed by atoms with Crippen LogP contribution in [0.3, 0.4) is 0 Å². The third kappa shape index (κ3) is 7.99. The van der Waals surface area contributed by atoms with Gasteiger partial charge in [0.25, 0.3) is 0 Å². The Balaban J connectivity index is 1.84. The molecule has 2 fully saturated rings. The Bertz CT molecular complexity index is 653. The van der Waals surface area contributed by atoms with Crippen LogP contribution >= 0.6 is 0 Å². The maximum atomic E-state index is 13.4. The minimum atomic E-state index is -4.45. The molecule has 0 saturated heterocycles. The summed E-state index contributed by atoms with van der Waals surface area (Å²) >= 11 is 0. The number of hydrogen-bond acceptors (Lipinski definition) is 2. The Kier molecular flexibility index (Phi) is 9.86. The van der Waals surface area contributed by atoms with E-state index in [-0.39, 0.29) is 37.5 Å². The summed E-state index contributed by atoms with van der Waals surface area (Å²) in [5.74, 6) is -8.65. The smallest absolute Gasteiger partial charge is 0.407 e. The van der Waals surface area contributed by atoms with Gasteiger partial charge in [-0.3, -0.25) is 9.80 Å². The van der Waals surface area contributed by atoms with Crippen LogP contribution in [0.15, 0.2) is 0 Å². The van der Waals surface area contributed by atoms with Gasteiger partial charge in [-0.1, -0.05) is 0 Å². The van der Waals surface area contributed by atoms with Crippen LogP contribution in [0.2, 0.25) is 0 Å². The Morgan fingerprint density at radius 3 is 1.17 bits per heavy atom. The van der Waals surface area contributed by atoms with Gasteiger partial charge in [0.1, 0.15) is 0 Å². The maximum Gasteiger partial charge on any atom is 0.407 e. The Morgan fingerprint density at radius 2 is 0.943 bits per heavy atom. The maximum absolute atomic E-state index is 13.4. The second-order valence-electron chi connectivity index (χ2n) is 9.53. The van der Waals surface area contributed by atoms with Crippen molar-refractivity contribution in [3.63, 3.8) is 0 Å². The quantitative estimate of drug-likeness (QED) is 0.330. The van der Waals surface area contributed by atoms with Crippen molar-refractivity contribution in [3.05, 3.63) is 0 Å². The van der Waals surface area contributed by atoms with Crippen LogP contribution in [0.4, 0.5) is 44.7 Å². The van der Waals surface area contributed by atoms with E-state index in [0.29, 0.717) is 41.9 Å². The van der Waals surface area contributed by atoms with Crippen LogP contribution in [0.5, 0.6) is 0 Å². The minimum absolute atomic E-state index is 0.123. The number of carboxylic acid groups (broad SMARTS) is 2. The zero-order valence-electron chi connectivity index (χ0n) is 18.9. The van der Waals surface area contributed by atoms with E-state index in [4.69, 9.17) is 0 Å². The first-order valence-corrected chi connectivity index (χ1v) is 11.4. The van der Waals surface area contributed by atoms with Gasteiger partial charge in [0.15, 0.2) is 0 Å². The molecule has 204 valence electrons. The van der Waals surface area contributed by atoms with E-state index in [0.717, 1.165) is 0 Å². The van der Waals surface area contributed by atoms with E-state index < -0.39 is 62.1 Å². The van der Waals surface area contributed by atoms with Crippen molar-refractivity contribution >= 4 is 12.2 Å². The van der Waals surface area contributed by atoms with Crippen LogP contribution in [0, 0.1) is 11.8 Å². The van der Waals surface area contributed by atoms with E-state index in [9.17, 15) is 54.9 Å². The predicted molar refractivity (Wildman–Crippen MR) is 107 cm³/mol. The predicted octanol–water partition coefficient (Wildman–Crippen LogP) is 6.25. The van der Waals surface area contributed by atoms with Gasteiger partial charge in [0, 0.05) is 12.1 Å². The average Bonchev–Trinajstić information content (AvgIpc) is 2.76. The molecular formula is C21H30F8N2O4. The number of rotatable bonds is 10. The van der Waals surface area contributed by atoms with Crippen molar-refractivity contribution in [2.24, 2.45) is 11.8 Å². The molecule has 2 rings (SSSR count).